The molecule has 1 N–H and O–H groups in total. The van der Waals surface area contributed by atoms with Crippen molar-refractivity contribution in [3.05, 3.63) is 58.1 Å². The molecule has 0 radical (unpaired) electrons. The fourth-order valence-electron chi connectivity index (χ4n) is 3.53. The number of nitrogens with zero attached hydrogens (tertiary/aromatic N) is 1. The van der Waals surface area contributed by atoms with Crippen LogP contribution in [0.2, 0.25) is 5.02 Å². The number of anilines is 2. The summed E-state index contributed by atoms with van der Waals surface area (Å²) in [4.78, 5) is 14.3. The average molecular weight is 373 g/mol. The van der Waals surface area contributed by atoms with Gasteiger partial charge in [-0.25, -0.2) is 4.79 Å². The Balaban J connectivity index is 1.68. The molecular weight excluding hydrogens is 348 g/mol. The van der Waals surface area contributed by atoms with Crippen molar-refractivity contribution in [1.29, 1.82) is 0 Å². The van der Waals surface area contributed by atoms with Gasteiger partial charge in [0.15, 0.2) is 0 Å². The van der Waals surface area contributed by atoms with E-state index in [1.165, 1.54) is 7.11 Å². The predicted molar refractivity (Wildman–Crippen MR) is 108 cm³/mol. The van der Waals surface area contributed by atoms with Crippen molar-refractivity contribution in [3.8, 4) is 0 Å². The molecule has 0 atom stereocenters. The number of halogens is 1. The fourth-order valence-corrected chi connectivity index (χ4v) is 3.79. The molecule has 4 nitrogen and oxygen atoms in total. The maximum absolute atomic E-state index is 12.0. The van der Waals surface area contributed by atoms with Crippen LogP contribution in [0, 0.1) is 13.8 Å². The van der Waals surface area contributed by atoms with Crippen molar-refractivity contribution >= 4 is 28.9 Å². The number of piperidine rings is 1. The molecule has 2 aromatic rings. The standard InChI is InChI=1S/C21H25ClN2O2/c1-14-12-15(2)19(13-17(14)21(25)26-3)23-16-8-10-24(11-9-16)20-7-5-4-6-18(20)22/h4-7,12-13,16,23H,8-11H2,1-3H3. The van der Waals surface area contributed by atoms with E-state index in [1.54, 1.807) is 0 Å². The van der Waals surface area contributed by atoms with Gasteiger partial charge in [-0.15, -0.1) is 0 Å². The smallest absolute Gasteiger partial charge is 0.338 e. The Morgan fingerprint density at radius 2 is 1.85 bits per heavy atom. The Bertz CT molecular complexity index is 799. The SMILES string of the molecule is COC(=O)c1cc(NC2CCN(c3ccccc3Cl)CC2)c(C)cc1C. The number of esters is 1. The van der Waals surface area contributed by atoms with Gasteiger partial charge in [0.25, 0.3) is 0 Å². The molecule has 1 fully saturated rings. The first-order valence-electron chi connectivity index (χ1n) is 8.95. The highest BCUT2D eigenvalue weighted by Crippen LogP contribution is 2.29. The fraction of sp³-hybridized carbons (Fsp3) is 0.381. The highest BCUT2D eigenvalue weighted by atomic mass is 35.5. The summed E-state index contributed by atoms with van der Waals surface area (Å²) in [5.41, 5.74) is 4.81. The Kier molecular flexibility index (Phi) is 5.72. The largest absolute Gasteiger partial charge is 0.465 e. The van der Waals surface area contributed by atoms with E-state index >= 15 is 0 Å². The topological polar surface area (TPSA) is 41.6 Å². The first-order chi connectivity index (χ1) is 12.5. The van der Waals surface area contributed by atoms with Gasteiger partial charge < -0.3 is 15.0 Å². The van der Waals surface area contributed by atoms with Crippen molar-refractivity contribution in [2.24, 2.45) is 0 Å². The van der Waals surface area contributed by atoms with Crippen molar-refractivity contribution in [2.75, 3.05) is 30.4 Å². The van der Waals surface area contributed by atoms with Crippen LogP contribution in [-0.2, 0) is 4.74 Å². The van der Waals surface area contributed by atoms with E-state index < -0.39 is 0 Å². The summed E-state index contributed by atoms with van der Waals surface area (Å²) in [5.74, 6) is -0.293. The Morgan fingerprint density at radius 3 is 2.50 bits per heavy atom. The number of aryl methyl sites for hydroxylation is 2. The lowest BCUT2D eigenvalue weighted by molar-refractivity contribution is 0.0600. The van der Waals surface area contributed by atoms with E-state index in [-0.39, 0.29) is 5.97 Å². The number of hydrogen-bond donors (Lipinski definition) is 1. The van der Waals surface area contributed by atoms with Gasteiger partial charge in [-0.05, 0) is 56.0 Å². The van der Waals surface area contributed by atoms with E-state index in [1.807, 2.05) is 37.3 Å². The number of rotatable bonds is 4. The number of carbonyl (C=O) groups excluding carboxylic acids is 1. The maximum Gasteiger partial charge on any atom is 0.338 e. The second kappa shape index (κ2) is 8.00. The first kappa shape index (κ1) is 18.6. The molecule has 5 heteroatoms. The zero-order valence-corrected chi connectivity index (χ0v) is 16.3. The summed E-state index contributed by atoms with van der Waals surface area (Å²) < 4.78 is 4.89. The van der Waals surface area contributed by atoms with Gasteiger partial charge in [0.05, 0.1) is 23.4 Å². The van der Waals surface area contributed by atoms with E-state index in [0.717, 1.165) is 53.5 Å². The normalized spacial score (nSPS) is 15.0. The number of benzene rings is 2. The molecule has 26 heavy (non-hydrogen) atoms. The molecular formula is C21H25ClN2O2. The van der Waals surface area contributed by atoms with Crippen LogP contribution in [0.4, 0.5) is 11.4 Å². The van der Waals surface area contributed by atoms with E-state index in [2.05, 4.69) is 23.2 Å². The molecule has 2 aromatic carbocycles. The number of ether oxygens (including phenoxy) is 1. The average Bonchev–Trinajstić information content (AvgIpc) is 2.64. The van der Waals surface area contributed by atoms with Gasteiger partial charge in [-0.1, -0.05) is 29.8 Å². The maximum atomic E-state index is 12.0. The molecule has 0 aliphatic carbocycles. The predicted octanol–water partition coefficient (Wildman–Crippen LogP) is 4.82. The Morgan fingerprint density at radius 1 is 1.15 bits per heavy atom. The third-order valence-electron chi connectivity index (χ3n) is 5.02. The van der Waals surface area contributed by atoms with Crippen LogP contribution in [0.25, 0.3) is 0 Å². The molecule has 0 spiro atoms. The second-order valence-electron chi connectivity index (χ2n) is 6.83. The molecule has 138 valence electrons. The highest BCUT2D eigenvalue weighted by Gasteiger charge is 2.22. The lowest BCUT2D eigenvalue weighted by atomic mass is 10.0. The van der Waals surface area contributed by atoms with Crippen LogP contribution in [0.1, 0.15) is 34.3 Å². The van der Waals surface area contributed by atoms with E-state index in [0.29, 0.717) is 11.6 Å². The minimum Gasteiger partial charge on any atom is -0.465 e. The summed E-state index contributed by atoms with van der Waals surface area (Å²) in [6.07, 6.45) is 2.04. The van der Waals surface area contributed by atoms with Crippen LogP contribution < -0.4 is 10.2 Å². The molecule has 1 aliphatic rings. The molecule has 1 aliphatic heterocycles. The third-order valence-corrected chi connectivity index (χ3v) is 5.34. The second-order valence-corrected chi connectivity index (χ2v) is 7.24. The van der Waals surface area contributed by atoms with Crippen molar-refractivity contribution in [2.45, 2.75) is 32.7 Å². The zero-order chi connectivity index (χ0) is 18.7. The summed E-state index contributed by atoms with van der Waals surface area (Å²) in [6.45, 7) is 5.91. The van der Waals surface area contributed by atoms with E-state index in [4.69, 9.17) is 16.3 Å². The molecule has 3 rings (SSSR count). The minimum absolute atomic E-state index is 0.293. The molecule has 0 saturated carbocycles. The molecule has 1 heterocycles. The van der Waals surface area contributed by atoms with Crippen LogP contribution in [-0.4, -0.2) is 32.2 Å². The summed E-state index contributed by atoms with van der Waals surface area (Å²) in [5, 5.41) is 4.42. The molecule has 0 unspecified atom stereocenters. The van der Waals surface area contributed by atoms with Gasteiger partial charge in [0, 0.05) is 24.8 Å². The van der Waals surface area contributed by atoms with Gasteiger partial charge in [0.1, 0.15) is 0 Å². The van der Waals surface area contributed by atoms with Crippen molar-refractivity contribution in [1.82, 2.24) is 0 Å². The number of para-hydroxylation sites is 1. The lowest BCUT2D eigenvalue weighted by Gasteiger charge is -2.35. The number of nitrogens with one attached hydrogen (secondary N) is 1. The number of methoxy groups -OCH3 is 1. The quantitative estimate of drug-likeness (QED) is 0.781. The lowest BCUT2D eigenvalue weighted by Crippen LogP contribution is -2.39. The summed E-state index contributed by atoms with van der Waals surface area (Å²) >= 11 is 6.32. The number of carbonyl (C=O) groups is 1. The van der Waals surface area contributed by atoms with Gasteiger partial charge in [0.2, 0.25) is 0 Å². The summed E-state index contributed by atoms with van der Waals surface area (Å²) in [6, 6.07) is 12.3. The molecule has 0 aromatic heterocycles. The number of hydrogen-bond acceptors (Lipinski definition) is 4. The van der Waals surface area contributed by atoms with Crippen molar-refractivity contribution in [3.63, 3.8) is 0 Å². The van der Waals surface area contributed by atoms with Crippen LogP contribution in [0.15, 0.2) is 36.4 Å². The van der Waals surface area contributed by atoms with Crippen LogP contribution in [0.5, 0.6) is 0 Å². The van der Waals surface area contributed by atoms with Gasteiger partial charge in [-0.2, -0.15) is 0 Å². The summed E-state index contributed by atoms with van der Waals surface area (Å²) in [7, 11) is 1.42. The zero-order valence-electron chi connectivity index (χ0n) is 15.5. The molecule has 0 bridgehead atoms. The molecule has 0 amide bonds. The highest BCUT2D eigenvalue weighted by molar-refractivity contribution is 6.33. The third kappa shape index (κ3) is 3.96. The van der Waals surface area contributed by atoms with Crippen molar-refractivity contribution < 1.29 is 9.53 Å². The van der Waals surface area contributed by atoms with Gasteiger partial charge >= 0.3 is 5.97 Å². The minimum atomic E-state index is -0.293. The van der Waals surface area contributed by atoms with Gasteiger partial charge in [-0.3, -0.25) is 0 Å². The van der Waals surface area contributed by atoms with Crippen LogP contribution in [0.3, 0.4) is 0 Å². The first-order valence-corrected chi connectivity index (χ1v) is 9.33. The van der Waals surface area contributed by atoms with Crippen LogP contribution >= 0.6 is 11.6 Å². The monoisotopic (exact) mass is 372 g/mol. The van der Waals surface area contributed by atoms with E-state index in [9.17, 15) is 4.79 Å². The Labute approximate surface area is 160 Å². The molecule has 1 saturated heterocycles. The Hall–Kier alpha value is -2.20.